The van der Waals surface area contributed by atoms with Crippen molar-refractivity contribution in [2.75, 3.05) is 5.33 Å². The Morgan fingerprint density at radius 3 is 2.62 bits per heavy atom. The van der Waals surface area contributed by atoms with E-state index in [1.807, 2.05) is 22.6 Å². The number of aldehydes is 1. The molecule has 0 unspecified atom stereocenters. The van der Waals surface area contributed by atoms with Crippen molar-refractivity contribution in [1.29, 1.82) is 0 Å². The van der Waals surface area contributed by atoms with Crippen LogP contribution in [0.25, 0.3) is 0 Å². The van der Waals surface area contributed by atoms with Crippen molar-refractivity contribution in [3.05, 3.63) is 36.9 Å². The van der Waals surface area contributed by atoms with Crippen molar-refractivity contribution in [2.45, 2.75) is 0 Å². The molecule has 1 aromatic carbocycles. The number of nitro benzene ring substituents is 1. The van der Waals surface area contributed by atoms with Crippen LogP contribution in [0.5, 0.6) is 0 Å². The van der Waals surface area contributed by atoms with Crippen LogP contribution in [0.1, 0.15) is 20.7 Å². The van der Waals surface area contributed by atoms with Crippen molar-refractivity contribution >= 4 is 56.3 Å². The third-order valence-corrected chi connectivity index (χ3v) is 2.97. The Balaban J connectivity index is 3.56. The lowest BCUT2D eigenvalue weighted by atomic mass is 10.1. The van der Waals surface area contributed by atoms with E-state index in [9.17, 15) is 19.7 Å². The number of carbonyl (C=O) groups excluding carboxylic acids is 2. The molecule has 0 fully saturated rings. The van der Waals surface area contributed by atoms with Gasteiger partial charge in [-0.15, -0.1) is 0 Å². The summed E-state index contributed by atoms with van der Waals surface area (Å²) < 4.78 is 0.606. The van der Waals surface area contributed by atoms with Crippen LogP contribution in [-0.4, -0.2) is 22.3 Å². The topological polar surface area (TPSA) is 77.3 Å². The van der Waals surface area contributed by atoms with Crippen molar-refractivity contribution in [2.24, 2.45) is 0 Å². The Morgan fingerprint density at radius 1 is 1.56 bits per heavy atom. The molecule has 0 N–H and O–H groups in total. The zero-order valence-corrected chi connectivity index (χ0v) is 11.5. The summed E-state index contributed by atoms with van der Waals surface area (Å²) in [6.07, 6.45) is 0.380. The van der Waals surface area contributed by atoms with Crippen LogP contribution in [0.3, 0.4) is 0 Å². The van der Waals surface area contributed by atoms with Gasteiger partial charge in [0.1, 0.15) is 0 Å². The fourth-order valence-electron chi connectivity index (χ4n) is 1.20. The molecule has 1 rings (SSSR count). The van der Waals surface area contributed by atoms with Crippen LogP contribution in [0.15, 0.2) is 12.1 Å². The molecule has 0 aliphatic rings. The second-order valence-corrected chi connectivity index (χ2v) is 4.63. The molecule has 0 saturated carbocycles. The zero-order chi connectivity index (χ0) is 12.3. The van der Waals surface area contributed by atoms with E-state index in [0.29, 0.717) is 9.86 Å². The van der Waals surface area contributed by atoms with Gasteiger partial charge >= 0.3 is 0 Å². The number of nitrogens with zero attached hydrogens (tertiary/aromatic N) is 1. The molecule has 0 radical (unpaired) electrons. The summed E-state index contributed by atoms with van der Waals surface area (Å²) in [6.45, 7) is 0. The lowest BCUT2D eigenvalue weighted by molar-refractivity contribution is -0.385. The van der Waals surface area contributed by atoms with Gasteiger partial charge in [-0.2, -0.15) is 0 Å². The van der Waals surface area contributed by atoms with Crippen LogP contribution in [0.2, 0.25) is 0 Å². The summed E-state index contributed by atoms with van der Waals surface area (Å²) in [4.78, 5) is 32.3. The summed E-state index contributed by atoms with van der Waals surface area (Å²) in [5.74, 6) is -0.423. The molecular weight excluding hydrogens is 393 g/mol. The van der Waals surface area contributed by atoms with Gasteiger partial charge in [-0.25, -0.2) is 0 Å². The molecule has 0 saturated heterocycles. The number of halogens is 2. The van der Waals surface area contributed by atoms with Gasteiger partial charge in [-0.3, -0.25) is 19.7 Å². The highest BCUT2D eigenvalue weighted by molar-refractivity contribution is 14.1. The Labute approximate surface area is 113 Å². The number of hydrogen-bond donors (Lipinski definition) is 0. The first kappa shape index (κ1) is 13.2. The van der Waals surface area contributed by atoms with E-state index in [1.165, 1.54) is 12.1 Å². The van der Waals surface area contributed by atoms with E-state index in [4.69, 9.17) is 0 Å². The molecule has 1 aromatic rings. The third-order valence-electron chi connectivity index (χ3n) is 1.84. The van der Waals surface area contributed by atoms with Gasteiger partial charge in [-0.1, -0.05) is 15.9 Å². The number of carbonyl (C=O) groups is 2. The van der Waals surface area contributed by atoms with E-state index < -0.39 is 16.4 Å². The second kappa shape index (κ2) is 5.48. The average molecular weight is 398 g/mol. The Bertz CT molecular complexity index is 475. The number of ketones is 1. The third kappa shape index (κ3) is 2.64. The predicted molar refractivity (Wildman–Crippen MR) is 69.3 cm³/mol. The fourth-order valence-corrected chi connectivity index (χ4v) is 2.15. The summed E-state index contributed by atoms with van der Waals surface area (Å²) in [5.41, 5.74) is -0.558. The molecule has 0 spiro atoms. The lowest BCUT2D eigenvalue weighted by Gasteiger charge is -2.03. The maximum absolute atomic E-state index is 11.5. The average Bonchev–Trinajstić information content (AvgIpc) is 2.26. The minimum Gasteiger partial charge on any atom is -0.298 e. The smallest absolute Gasteiger partial charge is 0.290 e. The van der Waals surface area contributed by atoms with Crippen LogP contribution < -0.4 is 0 Å². The molecule has 0 aliphatic heterocycles. The van der Waals surface area contributed by atoms with Crippen molar-refractivity contribution in [1.82, 2.24) is 0 Å². The van der Waals surface area contributed by atoms with E-state index in [-0.39, 0.29) is 16.5 Å². The molecule has 84 valence electrons. The number of rotatable bonds is 4. The SMILES string of the molecule is O=Cc1cc(I)cc(C(=O)CBr)c1[N+](=O)[O-]. The number of Topliss-reactive ketones (excluding diaryl/α,β-unsaturated/α-hetero) is 1. The molecule has 0 aromatic heterocycles. The molecule has 7 heteroatoms. The minimum absolute atomic E-state index is 0.0216. The van der Waals surface area contributed by atoms with E-state index >= 15 is 0 Å². The first-order valence-corrected chi connectivity index (χ1v) is 6.23. The molecule has 0 bridgehead atoms. The molecule has 5 nitrogen and oxygen atoms in total. The summed E-state index contributed by atoms with van der Waals surface area (Å²) in [7, 11) is 0. The number of hydrogen-bond acceptors (Lipinski definition) is 4. The standard InChI is InChI=1S/C9H5BrINO4/c10-3-8(14)7-2-6(11)1-5(4-13)9(7)12(15)16/h1-2,4H,3H2. The van der Waals surface area contributed by atoms with Crippen LogP contribution in [0.4, 0.5) is 5.69 Å². The van der Waals surface area contributed by atoms with Crippen LogP contribution in [-0.2, 0) is 0 Å². The second-order valence-electron chi connectivity index (χ2n) is 2.82. The summed E-state index contributed by atoms with van der Waals surface area (Å²) in [5, 5.41) is 10.8. The number of benzene rings is 1. The number of nitro groups is 1. The van der Waals surface area contributed by atoms with Crippen molar-refractivity contribution in [3.8, 4) is 0 Å². The van der Waals surface area contributed by atoms with E-state index in [2.05, 4.69) is 15.9 Å². The predicted octanol–water partition coefficient (Wildman–Crippen LogP) is 2.59. The normalized spacial score (nSPS) is 9.88. The van der Waals surface area contributed by atoms with Gasteiger partial charge in [-0.05, 0) is 34.7 Å². The minimum atomic E-state index is -0.713. The number of alkyl halides is 1. The monoisotopic (exact) mass is 397 g/mol. The molecular formula is C9H5BrINO4. The summed E-state index contributed by atoms with van der Waals surface area (Å²) >= 11 is 4.84. The Morgan fingerprint density at radius 2 is 2.19 bits per heavy atom. The zero-order valence-electron chi connectivity index (χ0n) is 7.78. The quantitative estimate of drug-likeness (QED) is 0.195. The van der Waals surface area contributed by atoms with Gasteiger partial charge in [0.25, 0.3) is 5.69 Å². The Kier molecular flexibility index (Phi) is 4.54. The summed E-state index contributed by atoms with van der Waals surface area (Å²) in [6, 6.07) is 2.77. The maximum atomic E-state index is 11.5. The first-order chi connectivity index (χ1) is 7.51. The molecule has 16 heavy (non-hydrogen) atoms. The van der Waals surface area contributed by atoms with Gasteiger partial charge in [0, 0.05) is 3.57 Å². The van der Waals surface area contributed by atoms with Gasteiger partial charge in [0.05, 0.1) is 21.4 Å². The highest BCUT2D eigenvalue weighted by Gasteiger charge is 2.24. The fraction of sp³-hybridized carbons (Fsp3) is 0.111. The van der Waals surface area contributed by atoms with Crippen LogP contribution in [0, 0.1) is 13.7 Å². The highest BCUT2D eigenvalue weighted by atomic mass is 127. The van der Waals surface area contributed by atoms with Crippen molar-refractivity contribution < 1.29 is 14.5 Å². The van der Waals surface area contributed by atoms with Crippen molar-refractivity contribution in [3.63, 3.8) is 0 Å². The highest BCUT2D eigenvalue weighted by Crippen LogP contribution is 2.26. The van der Waals surface area contributed by atoms with Gasteiger partial charge in [0.2, 0.25) is 0 Å². The molecule has 0 aliphatic carbocycles. The van der Waals surface area contributed by atoms with E-state index in [0.717, 1.165) is 0 Å². The lowest BCUT2D eigenvalue weighted by Crippen LogP contribution is -2.08. The van der Waals surface area contributed by atoms with E-state index in [1.54, 1.807) is 0 Å². The molecule has 0 atom stereocenters. The Hall–Kier alpha value is -0.830. The first-order valence-electron chi connectivity index (χ1n) is 4.03. The maximum Gasteiger partial charge on any atom is 0.290 e. The largest absolute Gasteiger partial charge is 0.298 e. The van der Waals surface area contributed by atoms with Gasteiger partial charge in [0.15, 0.2) is 12.1 Å². The van der Waals surface area contributed by atoms with Crippen LogP contribution >= 0.6 is 38.5 Å². The van der Waals surface area contributed by atoms with Gasteiger partial charge < -0.3 is 0 Å². The molecule has 0 heterocycles. The molecule has 0 amide bonds.